The van der Waals surface area contributed by atoms with Crippen LogP contribution in [0.2, 0.25) is 0 Å². The van der Waals surface area contributed by atoms with Gasteiger partial charge in [-0.05, 0) is 56.8 Å². The number of allylic oxidation sites excluding steroid dienone is 2. The van der Waals surface area contributed by atoms with Gasteiger partial charge in [-0.1, -0.05) is 19.1 Å². The third-order valence-corrected chi connectivity index (χ3v) is 5.94. The molecule has 24 heavy (non-hydrogen) atoms. The Morgan fingerprint density at radius 2 is 2.12 bits per heavy atom. The van der Waals surface area contributed by atoms with Crippen molar-refractivity contribution >= 4 is 16.2 Å². The Hall–Kier alpha value is -1.40. The maximum Gasteiger partial charge on any atom is 0.211 e. The molecule has 0 bridgehead atoms. The number of nitrogens with one attached hydrogen (secondary N) is 2. The first-order valence-corrected chi connectivity index (χ1v) is 10.4. The molecular weight excluding hydrogens is 322 g/mol. The van der Waals surface area contributed by atoms with Crippen LogP contribution in [0.5, 0.6) is 0 Å². The third-order valence-electron chi connectivity index (χ3n) is 4.42. The summed E-state index contributed by atoms with van der Waals surface area (Å²) in [7, 11) is -3.11. The standard InChI is InChI=1S/C18H29N3O2S/c1-4-24(22,23)21-15(3)8-7-14(2)13-20-17-9-10-18-16(12-17)6-5-11-19-18/h5-6,9,11-12,14-15,18,20-21H,4,7-8,10,13H2,1-3H3/t14-,15-,18?/m0/s1. The van der Waals surface area contributed by atoms with Crippen molar-refractivity contribution in [1.82, 2.24) is 10.0 Å². The summed E-state index contributed by atoms with van der Waals surface area (Å²) in [6.07, 6.45) is 13.1. The van der Waals surface area contributed by atoms with Gasteiger partial charge in [-0.15, -0.1) is 0 Å². The monoisotopic (exact) mass is 351 g/mol. The second-order valence-electron chi connectivity index (χ2n) is 6.70. The Kier molecular flexibility index (Phi) is 6.80. The quantitative estimate of drug-likeness (QED) is 0.671. The molecular formula is C18H29N3O2S. The van der Waals surface area contributed by atoms with Gasteiger partial charge < -0.3 is 5.32 Å². The number of aliphatic imine (C=N–C) groups is 1. The van der Waals surface area contributed by atoms with Gasteiger partial charge in [0.1, 0.15) is 0 Å². The van der Waals surface area contributed by atoms with Crippen molar-refractivity contribution in [2.45, 2.75) is 52.1 Å². The first-order chi connectivity index (χ1) is 11.4. The number of hydrogen-bond donors (Lipinski definition) is 2. The highest BCUT2D eigenvalue weighted by molar-refractivity contribution is 7.89. The lowest BCUT2D eigenvalue weighted by atomic mass is 9.95. The first kappa shape index (κ1) is 18.9. The highest BCUT2D eigenvalue weighted by atomic mass is 32.2. The number of sulfonamides is 1. The summed E-state index contributed by atoms with van der Waals surface area (Å²) in [5, 5.41) is 3.50. The largest absolute Gasteiger partial charge is 0.385 e. The van der Waals surface area contributed by atoms with Gasteiger partial charge in [0.15, 0.2) is 0 Å². The molecule has 0 saturated heterocycles. The number of nitrogens with zero attached hydrogens (tertiary/aromatic N) is 1. The van der Waals surface area contributed by atoms with E-state index in [1.807, 2.05) is 19.2 Å². The molecule has 0 saturated carbocycles. The molecule has 6 heteroatoms. The summed E-state index contributed by atoms with van der Waals surface area (Å²) in [5.74, 6) is 0.618. The number of fused-ring (bicyclic) bond motifs is 1. The van der Waals surface area contributed by atoms with Crippen molar-refractivity contribution in [3.05, 3.63) is 35.6 Å². The highest BCUT2D eigenvalue weighted by Crippen LogP contribution is 2.22. The van der Waals surface area contributed by atoms with Gasteiger partial charge in [0, 0.05) is 24.5 Å². The third kappa shape index (κ3) is 5.91. The molecule has 3 atom stereocenters. The minimum absolute atomic E-state index is 0.0144. The lowest BCUT2D eigenvalue weighted by Gasteiger charge is -2.22. The van der Waals surface area contributed by atoms with E-state index in [-0.39, 0.29) is 17.8 Å². The Morgan fingerprint density at radius 1 is 1.33 bits per heavy atom. The van der Waals surface area contributed by atoms with Gasteiger partial charge >= 0.3 is 0 Å². The van der Waals surface area contributed by atoms with Crippen LogP contribution in [-0.2, 0) is 10.0 Å². The number of dihydropyridines is 1. The van der Waals surface area contributed by atoms with Crippen molar-refractivity contribution < 1.29 is 8.42 Å². The Balaban J connectivity index is 1.71. The van der Waals surface area contributed by atoms with Gasteiger partial charge in [-0.2, -0.15) is 0 Å². The molecule has 1 heterocycles. The van der Waals surface area contributed by atoms with Gasteiger partial charge in [-0.25, -0.2) is 13.1 Å². The van der Waals surface area contributed by atoms with E-state index in [4.69, 9.17) is 0 Å². The number of hydrogen-bond acceptors (Lipinski definition) is 4. The summed E-state index contributed by atoms with van der Waals surface area (Å²) in [4.78, 5) is 4.46. The van der Waals surface area contributed by atoms with Crippen LogP contribution in [0, 0.1) is 5.92 Å². The van der Waals surface area contributed by atoms with Crippen LogP contribution in [0.4, 0.5) is 0 Å². The fourth-order valence-electron chi connectivity index (χ4n) is 2.82. The second-order valence-corrected chi connectivity index (χ2v) is 8.74. The Morgan fingerprint density at radius 3 is 2.88 bits per heavy atom. The highest BCUT2D eigenvalue weighted by Gasteiger charge is 2.17. The maximum atomic E-state index is 11.5. The molecule has 0 aromatic carbocycles. The van der Waals surface area contributed by atoms with Gasteiger partial charge in [0.25, 0.3) is 0 Å². The van der Waals surface area contributed by atoms with Crippen LogP contribution in [0.15, 0.2) is 40.6 Å². The van der Waals surface area contributed by atoms with Crippen LogP contribution in [0.25, 0.3) is 0 Å². The SMILES string of the molecule is CCS(=O)(=O)N[C@@H](C)CC[C@H](C)CNC1=CCC2N=CC=CC2=C1. The van der Waals surface area contributed by atoms with Crippen molar-refractivity contribution in [2.24, 2.45) is 10.9 Å². The lowest BCUT2D eigenvalue weighted by Crippen LogP contribution is -2.34. The first-order valence-electron chi connectivity index (χ1n) is 8.75. The van der Waals surface area contributed by atoms with Crippen molar-refractivity contribution in [2.75, 3.05) is 12.3 Å². The average molecular weight is 352 g/mol. The molecule has 1 aliphatic heterocycles. The molecule has 0 aromatic rings. The molecule has 134 valence electrons. The Labute approximate surface area is 146 Å². The van der Waals surface area contributed by atoms with Gasteiger partial charge in [-0.3, -0.25) is 4.99 Å². The van der Waals surface area contributed by atoms with E-state index < -0.39 is 10.0 Å². The maximum absolute atomic E-state index is 11.5. The molecule has 0 fully saturated rings. The fourth-order valence-corrected chi connectivity index (χ4v) is 3.72. The van der Waals surface area contributed by atoms with E-state index >= 15 is 0 Å². The molecule has 2 N–H and O–H groups in total. The molecule has 0 aromatic heterocycles. The van der Waals surface area contributed by atoms with Crippen molar-refractivity contribution in [3.63, 3.8) is 0 Å². The topological polar surface area (TPSA) is 70.6 Å². The normalized spacial score (nSPS) is 22.4. The molecule has 2 rings (SSSR count). The summed E-state index contributed by atoms with van der Waals surface area (Å²) in [5.41, 5.74) is 2.42. The summed E-state index contributed by atoms with van der Waals surface area (Å²) < 4.78 is 25.8. The van der Waals surface area contributed by atoms with Crippen LogP contribution >= 0.6 is 0 Å². The van der Waals surface area contributed by atoms with E-state index in [0.717, 1.165) is 31.5 Å². The zero-order chi connectivity index (χ0) is 17.6. The smallest absolute Gasteiger partial charge is 0.211 e. The molecule has 0 amide bonds. The van der Waals surface area contributed by atoms with Crippen molar-refractivity contribution in [3.8, 4) is 0 Å². The number of rotatable bonds is 9. The van der Waals surface area contributed by atoms with E-state index in [0.29, 0.717) is 5.92 Å². The Bertz CT molecular complexity index is 647. The van der Waals surface area contributed by atoms with E-state index in [9.17, 15) is 8.42 Å². The van der Waals surface area contributed by atoms with Crippen LogP contribution in [0.3, 0.4) is 0 Å². The lowest BCUT2D eigenvalue weighted by molar-refractivity contribution is 0.450. The second kappa shape index (κ2) is 8.62. The van der Waals surface area contributed by atoms with Gasteiger partial charge in [0.05, 0.1) is 11.8 Å². The predicted octanol–water partition coefficient (Wildman–Crippen LogP) is 2.54. The summed E-state index contributed by atoms with van der Waals surface area (Å²) >= 11 is 0. The predicted molar refractivity (Wildman–Crippen MR) is 101 cm³/mol. The zero-order valence-electron chi connectivity index (χ0n) is 14.8. The minimum atomic E-state index is -3.11. The molecule has 0 spiro atoms. The molecule has 5 nitrogen and oxygen atoms in total. The van der Waals surface area contributed by atoms with Crippen molar-refractivity contribution in [1.29, 1.82) is 0 Å². The minimum Gasteiger partial charge on any atom is -0.385 e. The average Bonchev–Trinajstić information content (AvgIpc) is 2.57. The molecule has 2 aliphatic rings. The van der Waals surface area contributed by atoms with Gasteiger partial charge in [0.2, 0.25) is 10.0 Å². The fraction of sp³-hybridized carbons (Fsp3) is 0.611. The van der Waals surface area contributed by atoms with Crippen LogP contribution < -0.4 is 10.0 Å². The van der Waals surface area contributed by atoms with E-state index in [2.05, 4.69) is 40.2 Å². The molecule has 1 aliphatic carbocycles. The van der Waals surface area contributed by atoms with E-state index in [1.165, 1.54) is 5.57 Å². The summed E-state index contributed by atoms with van der Waals surface area (Å²) in [6, 6.07) is 0.268. The van der Waals surface area contributed by atoms with Crippen LogP contribution in [0.1, 0.15) is 40.0 Å². The zero-order valence-corrected chi connectivity index (χ0v) is 15.6. The molecule has 1 unspecified atom stereocenters. The van der Waals surface area contributed by atoms with Crippen LogP contribution in [-0.4, -0.2) is 39.0 Å². The van der Waals surface area contributed by atoms with E-state index in [1.54, 1.807) is 6.92 Å². The summed E-state index contributed by atoms with van der Waals surface area (Å²) in [6.45, 7) is 6.67. The molecule has 0 radical (unpaired) electrons.